The van der Waals surface area contributed by atoms with Crippen LogP contribution in [0.2, 0.25) is 0 Å². The van der Waals surface area contributed by atoms with Gasteiger partial charge in [0.05, 0.1) is 22.7 Å². The third-order valence-electron chi connectivity index (χ3n) is 3.63. The smallest absolute Gasteiger partial charge is 0.270 e. The SMILES string of the molecule is C[C@H](O)c1cc([N+](=O)[O-])ccc1OCC1CCC(C)(C)O1. The molecule has 0 aliphatic carbocycles. The molecule has 0 bridgehead atoms. The zero-order valence-corrected chi connectivity index (χ0v) is 12.5. The van der Waals surface area contributed by atoms with Gasteiger partial charge in [0.15, 0.2) is 0 Å². The van der Waals surface area contributed by atoms with Crippen LogP contribution in [0, 0.1) is 10.1 Å². The molecule has 1 fully saturated rings. The average molecular weight is 295 g/mol. The van der Waals surface area contributed by atoms with Crippen LogP contribution in [0.4, 0.5) is 5.69 Å². The van der Waals surface area contributed by atoms with E-state index in [1.54, 1.807) is 6.92 Å². The van der Waals surface area contributed by atoms with Crippen LogP contribution in [-0.2, 0) is 4.74 Å². The number of nitrogens with zero attached hydrogens (tertiary/aromatic N) is 1. The maximum absolute atomic E-state index is 10.8. The molecular formula is C15H21NO5. The first-order valence-corrected chi connectivity index (χ1v) is 7.05. The van der Waals surface area contributed by atoms with Crippen molar-refractivity contribution in [3.63, 3.8) is 0 Å². The number of non-ortho nitro benzene ring substituents is 1. The van der Waals surface area contributed by atoms with Gasteiger partial charge in [-0.25, -0.2) is 0 Å². The van der Waals surface area contributed by atoms with E-state index in [9.17, 15) is 15.2 Å². The standard InChI is InChI=1S/C15H21NO5/c1-10(17)13-8-11(16(18)19)4-5-14(13)20-9-12-6-7-15(2,3)21-12/h4-5,8,10,12,17H,6-7,9H2,1-3H3/t10-,12?/m0/s1. The zero-order chi connectivity index (χ0) is 15.6. The second kappa shape index (κ2) is 5.99. The van der Waals surface area contributed by atoms with Gasteiger partial charge in [-0.3, -0.25) is 10.1 Å². The van der Waals surface area contributed by atoms with Crippen molar-refractivity contribution in [2.75, 3.05) is 6.61 Å². The monoisotopic (exact) mass is 295 g/mol. The predicted octanol–water partition coefficient (Wildman–Crippen LogP) is 2.98. The number of hydrogen-bond acceptors (Lipinski definition) is 5. The van der Waals surface area contributed by atoms with Gasteiger partial charge in [-0.1, -0.05) is 0 Å². The summed E-state index contributed by atoms with van der Waals surface area (Å²) >= 11 is 0. The van der Waals surface area contributed by atoms with E-state index >= 15 is 0 Å². The lowest BCUT2D eigenvalue weighted by Crippen LogP contribution is -2.24. The second-order valence-electron chi connectivity index (χ2n) is 6.00. The van der Waals surface area contributed by atoms with Crippen molar-refractivity contribution in [2.45, 2.75) is 51.4 Å². The number of benzene rings is 1. The molecule has 0 aromatic heterocycles. The molecule has 0 spiro atoms. The highest BCUT2D eigenvalue weighted by molar-refractivity contribution is 5.44. The van der Waals surface area contributed by atoms with E-state index in [0.29, 0.717) is 17.9 Å². The van der Waals surface area contributed by atoms with E-state index in [2.05, 4.69) is 0 Å². The first-order chi connectivity index (χ1) is 9.78. The summed E-state index contributed by atoms with van der Waals surface area (Å²) in [4.78, 5) is 10.3. The number of aliphatic hydroxyl groups excluding tert-OH is 1. The van der Waals surface area contributed by atoms with Gasteiger partial charge in [0, 0.05) is 17.7 Å². The molecule has 1 aliphatic rings. The van der Waals surface area contributed by atoms with Crippen LogP contribution in [-0.4, -0.2) is 28.3 Å². The predicted molar refractivity (Wildman–Crippen MR) is 77.4 cm³/mol. The Morgan fingerprint density at radius 3 is 2.81 bits per heavy atom. The minimum absolute atomic E-state index is 0.0111. The number of hydrogen-bond donors (Lipinski definition) is 1. The number of nitro benzene ring substituents is 1. The van der Waals surface area contributed by atoms with Gasteiger partial charge in [0.2, 0.25) is 0 Å². The van der Waals surface area contributed by atoms with E-state index < -0.39 is 11.0 Å². The largest absolute Gasteiger partial charge is 0.490 e. The van der Waals surface area contributed by atoms with E-state index in [1.165, 1.54) is 18.2 Å². The topological polar surface area (TPSA) is 81.8 Å². The van der Waals surface area contributed by atoms with Gasteiger partial charge >= 0.3 is 0 Å². The Labute approximate surface area is 123 Å². The molecule has 21 heavy (non-hydrogen) atoms. The summed E-state index contributed by atoms with van der Waals surface area (Å²) in [6, 6.07) is 4.25. The van der Waals surface area contributed by atoms with Crippen molar-refractivity contribution < 1.29 is 19.5 Å². The maximum Gasteiger partial charge on any atom is 0.270 e. The molecule has 1 aromatic carbocycles. The van der Waals surface area contributed by atoms with Crippen molar-refractivity contribution in [3.8, 4) is 5.75 Å². The quantitative estimate of drug-likeness (QED) is 0.667. The van der Waals surface area contributed by atoms with Gasteiger partial charge in [-0.05, 0) is 39.7 Å². The molecule has 1 aliphatic heterocycles. The molecule has 6 heteroatoms. The molecule has 2 atom stereocenters. The van der Waals surface area contributed by atoms with Crippen molar-refractivity contribution >= 4 is 5.69 Å². The van der Waals surface area contributed by atoms with Crippen LogP contribution < -0.4 is 4.74 Å². The summed E-state index contributed by atoms with van der Waals surface area (Å²) in [5.41, 5.74) is 0.231. The minimum atomic E-state index is -0.833. The van der Waals surface area contributed by atoms with Crippen molar-refractivity contribution in [1.29, 1.82) is 0 Å². The van der Waals surface area contributed by atoms with Crippen LogP contribution in [0.5, 0.6) is 5.75 Å². The Morgan fingerprint density at radius 2 is 2.29 bits per heavy atom. The lowest BCUT2D eigenvalue weighted by molar-refractivity contribution is -0.385. The summed E-state index contributed by atoms with van der Waals surface area (Å²) in [5.74, 6) is 0.462. The summed E-state index contributed by atoms with van der Waals surface area (Å²) in [6.45, 7) is 6.02. The normalized spacial score (nSPS) is 22.0. The fourth-order valence-corrected chi connectivity index (χ4v) is 2.49. The van der Waals surface area contributed by atoms with E-state index in [1.807, 2.05) is 13.8 Å². The molecular weight excluding hydrogens is 274 g/mol. The molecule has 2 rings (SSSR count). The lowest BCUT2D eigenvalue weighted by Gasteiger charge is -2.20. The first-order valence-electron chi connectivity index (χ1n) is 7.05. The highest BCUT2D eigenvalue weighted by Gasteiger charge is 2.32. The van der Waals surface area contributed by atoms with Gasteiger partial charge < -0.3 is 14.6 Å². The maximum atomic E-state index is 10.8. The van der Waals surface area contributed by atoms with Crippen LogP contribution in [0.3, 0.4) is 0 Å². The third-order valence-corrected chi connectivity index (χ3v) is 3.63. The van der Waals surface area contributed by atoms with Crippen molar-refractivity contribution in [2.24, 2.45) is 0 Å². The highest BCUT2D eigenvalue weighted by Crippen LogP contribution is 2.32. The van der Waals surface area contributed by atoms with E-state index in [4.69, 9.17) is 9.47 Å². The molecule has 1 heterocycles. The van der Waals surface area contributed by atoms with Crippen LogP contribution in [0.15, 0.2) is 18.2 Å². The molecule has 1 unspecified atom stereocenters. The van der Waals surface area contributed by atoms with Crippen LogP contribution in [0.1, 0.15) is 45.3 Å². The number of ether oxygens (including phenoxy) is 2. The summed E-state index contributed by atoms with van der Waals surface area (Å²) in [7, 11) is 0. The van der Waals surface area contributed by atoms with Gasteiger partial charge in [0.25, 0.3) is 5.69 Å². The van der Waals surface area contributed by atoms with E-state index in [-0.39, 0.29) is 17.4 Å². The van der Waals surface area contributed by atoms with Gasteiger partial charge in [0.1, 0.15) is 12.4 Å². The Morgan fingerprint density at radius 1 is 1.57 bits per heavy atom. The molecule has 0 radical (unpaired) electrons. The number of rotatable bonds is 5. The number of nitro groups is 1. The Kier molecular flexibility index (Phi) is 4.49. The van der Waals surface area contributed by atoms with Crippen molar-refractivity contribution in [1.82, 2.24) is 0 Å². The molecule has 1 N–H and O–H groups in total. The zero-order valence-electron chi connectivity index (χ0n) is 12.5. The average Bonchev–Trinajstić information content (AvgIpc) is 2.75. The van der Waals surface area contributed by atoms with Crippen LogP contribution in [0.25, 0.3) is 0 Å². The lowest BCUT2D eigenvalue weighted by atomic mass is 10.1. The fraction of sp³-hybridized carbons (Fsp3) is 0.600. The molecule has 1 aromatic rings. The number of aliphatic hydroxyl groups is 1. The fourth-order valence-electron chi connectivity index (χ4n) is 2.49. The molecule has 116 valence electrons. The van der Waals surface area contributed by atoms with Gasteiger partial charge in [-0.2, -0.15) is 0 Å². The summed E-state index contributed by atoms with van der Waals surface area (Å²) in [6.07, 6.45) is 1.08. The summed E-state index contributed by atoms with van der Waals surface area (Å²) in [5, 5.41) is 20.5. The minimum Gasteiger partial charge on any atom is -0.490 e. The first kappa shape index (κ1) is 15.7. The molecule has 1 saturated heterocycles. The van der Waals surface area contributed by atoms with Crippen LogP contribution >= 0.6 is 0 Å². The molecule has 6 nitrogen and oxygen atoms in total. The van der Waals surface area contributed by atoms with E-state index in [0.717, 1.165) is 12.8 Å². The Bertz CT molecular complexity index is 527. The molecule has 0 saturated carbocycles. The Balaban J connectivity index is 2.07. The second-order valence-corrected chi connectivity index (χ2v) is 6.00. The van der Waals surface area contributed by atoms with Gasteiger partial charge in [-0.15, -0.1) is 0 Å². The summed E-state index contributed by atoms with van der Waals surface area (Å²) < 4.78 is 11.5. The third kappa shape index (κ3) is 3.92. The Hall–Kier alpha value is -1.66. The van der Waals surface area contributed by atoms with Crippen molar-refractivity contribution in [3.05, 3.63) is 33.9 Å². The highest BCUT2D eigenvalue weighted by atomic mass is 16.6. The molecule has 0 amide bonds.